The predicted octanol–water partition coefficient (Wildman–Crippen LogP) is 4.27. The molecule has 1 saturated carbocycles. The molecule has 4 rings (SSSR count). The molecule has 1 aliphatic heterocycles. The number of anilines is 1. The Hall–Kier alpha value is -1.93. The lowest BCUT2D eigenvalue weighted by atomic mass is 9.66. The lowest BCUT2D eigenvalue weighted by Gasteiger charge is -2.44. The van der Waals surface area contributed by atoms with Gasteiger partial charge in [0.15, 0.2) is 0 Å². The topological polar surface area (TPSA) is 73.8 Å². The Morgan fingerprint density at radius 3 is 2.62 bits per heavy atom. The standard InChI is InChI=1S/C24H31ClN4O2S/c1-29(2)17-32(30,31)28-21-10-12-24(13-11-21)15-19-7-3-4-9-22(19)27-23(24)26-16-18-6-5-8-20(25)14-18/h3-9,14,21,28H,10-13,15-17H2,1-2H3,(H,26,27). The van der Waals surface area contributed by atoms with Gasteiger partial charge in [-0.05, 0) is 75.5 Å². The van der Waals surface area contributed by atoms with E-state index < -0.39 is 10.0 Å². The van der Waals surface area contributed by atoms with Crippen LogP contribution >= 0.6 is 11.6 Å². The van der Waals surface area contributed by atoms with Crippen molar-refractivity contribution in [3.63, 3.8) is 0 Å². The zero-order valence-electron chi connectivity index (χ0n) is 18.6. The fourth-order valence-electron chi connectivity index (χ4n) is 4.85. The average molecular weight is 475 g/mol. The molecule has 2 aromatic carbocycles. The zero-order chi connectivity index (χ0) is 22.8. The van der Waals surface area contributed by atoms with Gasteiger partial charge in [-0.2, -0.15) is 0 Å². The number of sulfonamides is 1. The third-order valence-corrected chi connectivity index (χ3v) is 8.11. The molecule has 1 spiro atoms. The van der Waals surface area contributed by atoms with Crippen LogP contribution in [-0.2, 0) is 23.0 Å². The van der Waals surface area contributed by atoms with E-state index >= 15 is 0 Å². The molecule has 0 radical (unpaired) electrons. The van der Waals surface area contributed by atoms with E-state index in [0.717, 1.165) is 49.2 Å². The highest BCUT2D eigenvalue weighted by atomic mass is 35.5. The minimum atomic E-state index is -3.32. The molecule has 0 unspecified atom stereocenters. The van der Waals surface area contributed by atoms with Crippen LogP contribution in [0.4, 0.5) is 5.69 Å². The van der Waals surface area contributed by atoms with E-state index in [0.29, 0.717) is 11.6 Å². The molecule has 1 heterocycles. The quantitative estimate of drug-likeness (QED) is 0.655. The van der Waals surface area contributed by atoms with Gasteiger partial charge in [-0.15, -0.1) is 0 Å². The molecule has 32 heavy (non-hydrogen) atoms. The molecule has 0 saturated heterocycles. The minimum absolute atomic E-state index is 0.00984. The summed E-state index contributed by atoms with van der Waals surface area (Å²) in [7, 11) is 0.216. The van der Waals surface area contributed by atoms with Gasteiger partial charge in [0, 0.05) is 22.2 Å². The molecule has 2 N–H and O–H groups in total. The summed E-state index contributed by atoms with van der Waals surface area (Å²) in [6.45, 7) is 0.561. The summed E-state index contributed by atoms with van der Waals surface area (Å²) in [5.74, 6) is 1.02. The Morgan fingerprint density at radius 1 is 1.16 bits per heavy atom. The molecule has 1 aliphatic carbocycles. The maximum absolute atomic E-state index is 12.4. The summed E-state index contributed by atoms with van der Waals surface area (Å²) in [6.07, 6.45) is 4.29. The molecular formula is C24H31ClN4O2S. The monoisotopic (exact) mass is 474 g/mol. The Kier molecular flexibility index (Phi) is 6.91. The van der Waals surface area contributed by atoms with Crippen molar-refractivity contribution in [2.45, 2.75) is 44.7 Å². The molecule has 0 amide bonds. The lowest BCUT2D eigenvalue weighted by molar-refractivity contribution is 0.247. The highest BCUT2D eigenvalue weighted by Crippen LogP contribution is 2.45. The van der Waals surface area contributed by atoms with E-state index in [9.17, 15) is 8.42 Å². The van der Waals surface area contributed by atoms with Gasteiger partial charge in [0.25, 0.3) is 0 Å². The molecule has 8 heteroatoms. The highest BCUT2D eigenvalue weighted by molar-refractivity contribution is 7.89. The number of amidine groups is 1. The Balaban J connectivity index is 1.54. The summed E-state index contributed by atoms with van der Waals surface area (Å²) in [5.41, 5.74) is 3.37. The van der Waals surface area contributed by atoms with Gasteiger partial charge in [0.05, 0.1) is 6.54 Å². The molecule has 2 aromatic rings. The fourth-order valence-corrected chi connectivity index (χ4v) is 6.56. The number of benzene rings is 2. The Labute approximate surface area is 196 Å². The van der Waals surface area contributed by atoms with Gasteiger partial charge in [0.2, 0.25) is 10.0 Å². The number of nitrogens with zero attached hydrogens (tertiary/aromatic N) is 2. The average Bonchev–Trinajstić information content (AvgIpc) is 2.73. The van der Waals surface area contributed by atoms with Crippen molar-refractivity contribution in [1.29, 1.82) is 0 Å². The van der Waals surface area contributed by atoms with Crippen LogP contribution in [0.15, 0.2) is 53.5 Å². The van der Waals surface area contributed by atoms with Crippen molar-refractivity contribution in [2.75, 3.05) is 25.3 Å². The summed E-state index contributed by atoms with van der Waals surface area (Å²) >= 11 is 6.15. The van der Waals surface area contributed by atoms with Crippen LogP contribution in [0.25, 0.3) is 0 Å². The predicted molar refractivity (Wildman–Crippen MR) is 132 cm³/mol. The lowest BCUT2D eigenvalue weighted by Crippen LogP contribution is -2.49. The Bertz CT molecular complexity index is 1090. The van der Waals surface area contributed by atoms with Gasteiger partial charge in [-0.1, -0.05) is 41.9 Å². The van der Waals surface area contributed by atoms with Crippen LogP contribution in [-0.4, -0.2) is 45.2 Å². The highest BCUT2D eigenvalue weighted by Gasteiger charge is 2.43. The van der Waals surface area contributed by atoms with E-state index in [4.69, 9.17) is 16.6 Å². The molecule has 2 aliphatic rings. The molecule has 0 atom stereocenters. The van der Waals surface area contributed by atoms with E-state index in [2.05, 4.69) is 28.2 Å². The molecule has 0 bridgehead atoms. The van der Waals surface area contributed by atoms with Crippen molar-refractivity contribution < 1.29 is 8.42 Å². The first kappa shape index (κ1) is 23.2. The minimum Gasteiger partial charge on any atom is -0.343 e. The van der Waals surface area contributed by atoms with Crippen molar-refractivity contribution in [3.05, 3.63) is 64.7 Å². The first-order chi connectivity index (χ1) is 15.2. The van der Waals surface area contributed by atoms with Crippen molar-refractivity contribution in [2.24, 2.45) is 10.4 Å². The maximum atomic E-state index is 12.4. The molecular weight excluding hydrogens is 444 g/mol. The van der Waals surface area contributed by atoms with Gasteiger partial charge in [-0.3, -0.25) is 9.89 Å². The van der Waals surface area contributed by atoms with Crippen LogP contribution in [0.1, 0.15) is 36.8 Å². The molecule has 1 fully saturated rings. The second-order valence-corrected chi connectivity index (χ2v) is 11.4. The van der Waals surface area contributed by atoms with Crippen molar-refractivity contribution in [1.82, 2.24) is 9.62 Å². The molecule has 172 valence electrons. The summed E-state index contributed by atoms with van der Waals surface area (Å²) in [4.78, 5) is 6.69. The van der Waals surface area contributed by atoms with Gasteiger partial charge in [0.1, 0.15) is 11.7 Å². The number of halogens is 1. The van der Waals surface area contributed by atoms with Crippen LogP contribution in [0, 0.1) is 5.41 Å². The third kappa shape index (κ3) is 5.52. The van der Waals surface area contributed by atoms with Crippen molar-refractivity contribution in [3.8, 4) is 0 Å². The largest absolute Gasteiger partial charge is 0.343 e. The third-order valence-electron chi connectivity index (χ3n) is 6.33. The Morgan fingerprint density at radius 2 is 1.91 bits per heavy atom. The number of rotatable bonds is 6. The number of aliphatic imine (C=N–C) groups is 1. The number of nitrogens with one attached hydrogen (secondary N) is 2. The first-order valence-corrected chi connectivity index (χ1v) is 13.1. The van der Waals surface area contributed by atoms with Crippen LogP contribution in [0.5, 0.6) is 0 Å². The summed E-state index contributed by atoms with van der Waals surface area (Å²) in [5, 5.41) is 4.32. The first-order valence-electron chi connectivity index (χ1n) is 11.0. The van der Waals surface area contributed by atoms with Crippen LogP contribution < -0.4 is 10.0 Å². The number of para-hydroxylation sites is 1. The van der Waals surface area contributed by atoms with E-state index in [1.165, 1.54) is 5.56 Å². The normalized spacial score (nSPS) is 24.5. The van der Waals surface area contributed by atoms with Crippen LogP contribution in [0.3, 0.4) is 0 Å². The van der Waals surface area contributed by atoms with Gasteiger partial charge >= 0.3 is 0 Å². The molecule has 0 aromatic heterocycles. The molecule has 6 nitrogen and oxygen atoms in total. The number of fused-ring (bicyclic) bond motifs is 1. The van der Waals surface area contributed by atoms with E-state index in [1.807, 2.05) is 30.3 Å². The number of hydrogen-bond donors (Lipinski definition) is 2. The van der Waals surface area contributed by atoms with Crippen molar-refractivity contribution >= 4 is 33.1 Å². The summed E-state index contributed by atoms with van der Waals surface area (Å²) < 4.78 is 27.7. The van der Waals surface area contributed by atoms with Gasteiger partial charge in [-0.25, -0.2) is 13.1 Å². The number of hydrogen-bond acceptors (Lipinski definition) is 4. The smallest absolute Gasteiger partial charge is 0.225 e. The van der Waals surface area contributed by atoms with Crippen LogP contribution in [0.2, 0.25) is 5.02 Å². The SMILES string of the molecule is CN(C)CS(=O)(=O)NC1CCC2(CC1)Cc1ccccc1NC2=NCc1cccc(Cl)c1. The maximum Gasteiger partial charge on any atom is 0.225 e. The fraction of sp³-hybridized carbons (Fsp3) is 0.458. The van der Waals surface area contributed by atoms with E-state index in [-0.39, 0.29) is 17.3 Å². The second kappa shape index (κ2) is 9.51. The zero-order valence-corrected chi connectivity index (χ0v) is 20.2. The van der Waals surface area contributed by atoms with Gasteiger partial charge < -0.3 is 5.32 Å². The van der Waals surface area contributed by atoms with E-state index in [1.54, 1.807) is 19.0 Å². The summed E-state index contributed by atoms with van der Waals surface area (Å²) in [6, 6.07) is 16.1. The second-order valence-electron chi connectivity index (χ2n) is 9.25.